The van der Waals surface area contributed by atoms with E-state index in [-0.39, 0.29) is 6.04 Å². The fraction of sp³-hybridized carbons (Fsp3) is 0.200. The molecule has 0 aliphatic rings. The van der Waals surface area contributed by atoms with Crippen LogP contribution in [-0.4, -0.2) is 11.4 Å². The Hall–Kier alpha value is -1.97. The van der Waals surface area contributed by atoms with E-state index in [9.17, 15) is 0 Å². The number of anilines is 1. The summed E-state index contributed by atoms with van der Waals surface area (Å²) in [7, 11) is 0. The number of thioether (sulfide) groups is 1. The van der Waals surface area contributed by atoms with Crippen molar-refractivity contribution in [2.45, 2.75) is 13.0 Å². The summed E-state index contributed by atoms with van der Waals surface area (Å²) in [6.07, 6.45) is 3.78. The Balaban J connectivity index is 2.23. The highest BCUT2D eigenvalue weighted by molar-refractivity contribution is 8.13. The smallest absolute Gasteiger partial charge is 0.183 e. The molecule has 0 bridgehead atoms. The highest BCUT2D eigenvalue weighted by Gasteiger charge is 2.09. The molecule has 0 radical (unpaired) electrons. The lowest BCUT2D eigenvalue weighted by Crippen LogP contribution is -2.12. The van der Waals surface area contributed by atoms with Gasteiger partial charge in [0, 0.05) is 4.88 Å². The van der Waals surface area contributed by atoms with Gasteiger partial charge in [0.05, 0.1) is 17.4 Å². The zero-order chi connectivity index (χ0) is 15.1. The van der Waals surface area contributed by atoms with Crippen molar-refractivity contribution in [3.8, 4) is 6.19 Å². The van der Waals surface area contributed by atoms with Gasteiger partial charge in [0.2, 0.25) is 0 Å². The van der Waals surface area contributed by atoms with Gasteiger partial charge >= 0.3 is 0 Å². The molecule has 1 aromatic heterocycles. The molecule has 0 saturated carbocycles. The van der Waals surface area contributed by atoms with Gasteiger partial charge in [-0.15, -0.1) is 11.3 Å². The summed E-state index contributed by atoms with van der Waals surface area (Å²) >= 11 is 3.13. The first-order valence-corrected chi connectivity index (χ1v) is 8.51. The van der Waals surface area contributed by atoms with Crippen molar-refractivity contribution in [3.05, 3.63) is 46.7 Å². The van der Waals surface area contributed by atoms with Crippen LogP contribution >= 0.6 is 23.1 Å². The Morgan fingerprint density at radius 1 is 1.33 bits per heavy atom. The molecule has 4 nitrogen and oxygen atoms in total. The fourth-order valence-electron chi connectivity index (χ4n) is 1.82. The molecule has 0 amide bonds. The average Bonchev–Trinajstić information content (AvgIpc) is 3.03. The fourth-order valence-corrected chi connectivity index (χ4v) is 2.89. The SMILES string of the molecule is CSC(=Nc1ccccc1NC(C)c1cccs1)NC#N. The van der Waals surface area contributed by atoms with Crippen molar-refractivity contribution in [2.75, 3.05) is 11.6 Å². The van der Waals surface area contributed by atoms with Crippen molar-refractivity contribution in [1.82, 2.24) is 5.32 Å². The maximum Gasteiger partial charge on any atom is 0.183 e. The van der Waals surface area contributed by atoms with E-state index in [1.54, 1.807) is 11.3 Å². The number of para-hydroxylation sites is 2. The lowest BCUT2D eigenvalue weighted by molar-refractivity contribution is 0.908. The minimum atomic E-state index is 0.211. The van der Waals surface area contributed by atoms with E-state index in [2.05, 4.69) is 34.0 Å². The molecule has 6 heteroatoms. The van der Waals surface area contributed by atoms with Crippen molar-refractivity contribution in [1.29, 1.82) is 5.26 Å². The van der Waals surface area contributed by atoms with Crippen molar-refractivity contribution >= 4 is 39.6 Å². The molecule has 21 heavy (non-hydrogen) atoms. The molecule has 0 aliphatic heterocycles. The quantitative estimate of drug-likeness (QED) is 0.381. The van der Waals surface area contributed by atoms with E-state index in [1.165, 1.54) is 16.6 Å². The van der Waals surface area contributed by atoms with Crippen LogP contribution in [0, 0.1) is 11.5 Å². The third-order valence-electron chi connectivity index (χ3n) is 2.82. The molecule has 1 unspecified atom stereocenters. The molecule has 2 rings (SSSR count). The summed E-state index contributed by atoms with van der Waals surface area (Å²) in [6, 6.07) is 12.2. The van der Waals surface area contributed by atoms with E-state index in [0.29, 0.717) is 5.17 Å². The number of amidine groups is 1. The predicted molar refractivity (Wildman–Crippen MR) is 92.2 cm³/mol. The maximum absolute atomic E-state index is 8.72. The van der Waals surface area contributed by atoms with Crippen LogP contribution in [0.15, 0.2) is 46.8 Å². The Kier molecular flexibility index (Phi) is 5.67. The molecule has 0 aliphatic carbocycles. The van der Waals surface area contributed by atoms with Gasteiger partial charge in [-0.25, -0.2) is 4.99 Å². The van der Waals surface area contributed by atoms with E-state index in [4.69, 9.17) is 5.26 Å². The van der Waals surface area contributed by atoms with E-state index >= 15 is 0 Å². The lowest BCUT2D eigenvalue weighted by Gasteiger charge is -2.15. The van der Waals surface area contributed by atoms with Gasteiger partial charge in [0.1, 0.15) is 0 Å². The number of nitriles is 1. The summed E-state index contributed by atoms with van der Waals surface area (Å²) in [4.78, 5) is 5.76. The average molecular weight is 316 g/mol. The second-order valence-corrected chi connectivity index (χ2v) is 6.03. The number of aliphatic imine (C=N–C) groups is 1. The van der Waals surface area contributed by atoms with Crippen molar-refractivity contribution in [3.63, 3.8) is 0 Å². The lowest BCUT2D eigenvalue weighted by atomic mass is 10.2. The Bertz CT molecular complexity index is 644. The Morgan fingerprint density at radius 3 is 2.81 bits per heavy atom. The second kappa shape index (κ2) is 7.72. The third kappa shape index (κ3) is 4.25. The van der Waals surface area contributed by atoms with Gasteiger partial charge in [-0.3, -0.25) is 5.32 Å². The standard InChI is InChI=1S/C15H16N4S2/c1-11(14-8-5-9-21-14)18-12-6-3-4-7-13(12)19-15(20-2)17-10-16/h3-9,11,18H,1-2H3,(H,17,19). The summed E-state index contributed by atoms with van der Waals surface area (Å²) < 4.78 is 0. The van der Waals surface area contributed by atoms with Crippen LogP contribution in [0.5, 0.6) is 0 Å². The normalized spacial score (nSPS) is 12.5. The third-order valence-corrected chi connectivity index (χ3v) is 4.46. The maximum atomic E-state index is 8.72. The molecule has 0 spiro atoms. The summed E-state index contributed by atoms with van der Waals surface area (Å²) in [5.41, 5.74) is 1.76. The van der Waals surface area contributed by atoms with Gasteiger partial charge in [0.15, 0.2) is 11.4 Å². The van der Waals surface area contributed by atoms with Crippen LogP contribution < -0.4 is 10.6 Å². The minimum absolute atomic E-state index is 0.211. The molecule has 0 fully saturated rings. The number of rotatable bonds is 4. The Morgan fingerprint density at radius 2 is 2.14 bits per heavy atom. The molecular formula is C15H16N4S2. The first-order chi connectivity index (χ1) is 10.2. The molecule has 1 heterocycles. The molecule has 2 aromatic rings. The molecule has 2 N–H and O–H groups in total. The van der Waals surface area contributed by atoms with Crippen LogP contribution in [0.1, 0.15) is 17.8 Å². The minimum Gasteiger partial charge on any atom is -0.376 e. The van der Waals surface area contributed by atoms with Gasteiger partial charge in [-0.1, -0.05) is 30.0 Å². The summed E-state index contributed by atoms with van der Waals surface area (Å²) in [6.45, 7) is 2.12. The molecule has 1 aromatic carbocycles. The van der Waals surface area contributed by atoms with Gasteiger partial charge in [0.25, 0.3) is 0 Å². The van der Waals surface area contributed by atoms with Crippen LogP contribution in [0.3, 0.4) is 0 Å². The first-order valence-electron chi connectivity index (χ1n) is 6.41. The van der Waals surface area contributed by atoms with E-state index in [0.717, 1.165) is 11.4 Å². The van der Waals surface area contributed by atoms with Crippen LogP contribution in [0.25, 0.3) is 0 Å². The Labute approximate surface area is 132 Å². The molecular weight excluding hydrogens is 300 g/mol. The number of hydrogen-bond donors (Lipinski definition) is 2. The first kappa shape index (κ1) is 15.4. The van der Waals surface area contributed by atoms with E-state index < -0.39 is 0 Å². The summed E-state index contributed by atoms with van der Waals surface area (Å²) in [5, 5.41) is 17.4. The van der Waals surface area contributed by atoms with Gasteiger partial charge in [-0.2, -0.15) is 5.26 Å². The summed E-state index contributed by atoms with van der Waals surface area (Å²) in [5.74, 6) is 0. The zero-order valence-corrected chi connectivity index (χ0v) is 13.5. The van der Waals surface area contributed by atoms with Crippen LogP contribution in [0.2, 0.25) is 0 Å². The zero-order valence-electron chi connectivity index (χ0n) is 11.8. The number of nitrogens with zero attached hydrogens (tertiary/aromatic N) is 2. The number of thiophene rings is 1. The van der Waals surface area contributed by atoms with Crippen molar-refractivity contribution < 1.29 is 0 Å². The predicted octanol–water partition coefficient (Wildman–Crippen LogP) is 4.34. The van der Waals surface area contributed by atoms with E-state index in [1.807, 2.05) is 42.8 Å². The van der Waals surface area contributed by atoms with Crippen molar-refractivity contribution in [2.24, 2.45) is 4.99 Å². The van der Waals surface area contributed by atoms with Crippen LogP contribution in [-0.2, 0) is 0 Å². The van der Waals surface area contributed by atoms with Crippen LogP contribution in [0.4, 0.5) is 11.4 Å². The largest absolute Gasteiger partial charge is 0.376 e. The number of nitrogens with one attached hydrogen (secondary N) is 2. The van der Waals surface area contributed by atoms with Gasteiger partial charge in [-0.05, 0) is 36.8 Å². The number of hydrogen-bond acceptors (Lipinski definition) is 5. The molecule has 1 atom stereocenters. The highest BCUT2D eigenvalue weighted by atomic mass is 32.2. The van der Waals surface area contributed by atoms with Gasteiger partial charge < -0.3 is 5.32 Å². The molecule has 108 valence electrons. The molecule has 0 saturated heterocycles. The highest BCUT2D eigenvalue weighted by Crippen LogP contribution is 2.30. The monoisotopic (exact) mass is 316 g/mol. The topological polar surface area (TPSA) is 60.2 Å². The number of benzene rings is 1. The second-order valence-electron chi connectivity index (χ2n) is 4.26.